The van der Waals surface area contributed by atoms with E-state index in [0.717, 1.165) is 11.8 Å². The van der Waals surface area contributed by atoms with E-state index in [4.69, 9.17) is 46.7 Å². The maximum absolute atomic E-state index is 11.8. The minimum Gasteiger partial charge on any atom is -0.399 e. The third-order valence-electron chi connectivity index (χ3n) is 3.19. The SMILES string of the molecule is N=C1C(=O)c2c(N)cccc2C=C1S(=O)(=O)O.Nc1ccccc1.O=S(=O)=O.O=S(=O)=O. The molecular weight excluding hydrogens is 490 g/mol. The van der Waals surface area contributed by atoms with E-state index in [2.05, 4.69) is 0 Å². The van der Waals surface area contributed by atoms with E-state index in [9.17, 15) is 13.2 Å². The van der Waals surface area contributed by atoms with Crippen molar-refractivity contribution in [3.05, 3.63) is 64.6 Å². The van der Waals surface area contributed by atoms with E-state index < -0.39 is 47.7 Å². The van der Waals surface area contributed by atoms with Gasteiger partial charge in [0.1, 0.15) is 10.6 Å². The number of ketones is 1. The van der Waals surface area contributed by atoms with Crippen LogP contribution in [0, 0.1) is 5.41 Å². The van der Waals surface area contributed by atoms with Crippen molar-refractivity contribution in [1.82, 2.24) is 0 Å². The number of rotatable bonds is 1. The second-order valence-corrected chi connectivity index (χ2v) is 7.52. The highest BCUT2D eigenvalue weighted by Gasteiger charge is 2.32. The standard InChI is InChI=1S/C10H8N2O4S.C6H7N.2O3S/c11-6-3-1-2-5-4-7(17(14,15)16)9(12)10(13)8(5)6;7-6-4-2-1-3-5-6;2*1-4(2)3/h1-4,12H,11H2,(H,14,15,16);1-5H,7H2;;. The number of carbonyl (C=O) groups is 1. The first-order valence-electron chi connectivity index (χ1n) is 7.73. The first-order chi connectivity index (χ1) is 14.7. The molecule has 0 saturated heterocycles. The highest BCUT2D eigenvalue weighted by atomic mass is 32.2. The summed E-state index contributed by atoms with van der Waals surface area (Å²) in [6.07, 6.45) is 1.06. The van der Waals surface area contributed by atoms with Crippen molar-refractivity contribution in [2.45, 2.75) is 0 Å². The van der Waals surface area contributed by atoms with Crippen LogP contribution in [0.1, 0.15) is 15.9 Å². The van der Waals surface area contributed by atoms with Gasteiger partial charge in [0.25, 0.3) is 10.1 Å². The number of nitrogen functional groups attached to an aromatic ring is 2. The molecule has 0 saturated carbocycles. The summed E-state index contributed by atoms with van der Waals surface area (Å²) in [5.41, 5.74) is 11.5. The molecule has 3 rings (SSSR count). The number of Topliss-reactive ketones (excluding diaryl/α,β-unsaturated/α-hetero) is 1. The van der Waals surface area contributed by atoms with Gasteiger partial charge in [0.15, 0.2) is 0 Å². The van der Waals surface area contributed by atoms with Crippen LogP contribution in [0.15, 0.2) is 53.4 Å². The molecule has 0 aliphatic heterocycles. The van der Waals surface area contributed by atoms with Crippen molar-refractivity contribution < 1.29 is 43.0 Å². The molecule has 1 aliphatic carbocycles. The zero-order chi connectivity index (χ0) is 25.1. The lowest BCUT2D eigenvalue weighted by atomic mass is 9.93. The molecule has 0 fully saturated rings. The van der Waals surface area contributed by atoms with Crippen LogP contribution >= 0.6 is 0 Å². The quantitative estimate of drug-likeness (QED) is 0.294. The predicted molar refractivity (Wildman–Crippen MR) is 113 cm³/mol. The van der Waals surface area contributed by atoms with Gasteiger partial charge in [-0.2, -0.15) is 8.42 Å². The summed E-state index contributed by atoms with van der Waals surface area (Å²) in [5, 5.41) is 7.42. The van der Waals surface area contributed by atoms with E-state index in [1.807, 2.05) is 30.3 Å². The summed E-state index contributed by atoms with van der Waals surface area (Å²) in [4.78, 5) is 11.1. The zero-order valence-electron chi connectivity index (χ0n) is 15.7. The Hall–Kier alpha value is -3.73. The van der Waals surface area contributed by atoms with Crippen molar-refractivity contribution in [1.29, 1.82) is 5.41 Å². The molecule has 32 heavy (non-hydrogen) atoms. The van der Waals surface area contributed by atoms with Gasteiger partial charge in [-0.05, 0) is 29.8 Å². The summed E-state index contributed by atoms with van der Waals surface area (Å²) >= 11 is 0. The molecule has 0 amide bonds. The minimum atomic E-state index is -4.59. The average molecular weight is 506 g/mol. The van der Waals surface area contributed by atoms with E-state index >= 15 is 0 Å². The molecule has 0 spiro atoms. The molecule has 2 aromatic rings. The van der Waals surface area contributed by atoms with Crippen LogP contribution in [-0.2, 0) is 31.3 Å². The van der Waals surface area contributed by atoms with Gasteiger partial charge in [-0.25, -0.2) is 0 Å². The molecule has 16 heteroatoms. The Kier molecular flexibility index (Phi) is 11.4. The second kappa shape index (κ2) is 12.8. The lowest BCUT2D eigenvalue weighted by molar-refractivity contribution is 0.106. The highest BCUT2D eigenvalue weighted by Crippen LogP contribution is 2.28. The van der Waals surface area contributed by atoms with Gasteiger partial charge >= 0.3 is 21.2 Å². The first-order valence-corrected chi connectivity index (χ1v) is 11.2. The number of carbonyl (C=O) groups excluding carboxylic acids is 1. The molecule has 0 heterocycles. The van der Waals surface area contributed by atoms with Crippen molar-refractivity contribution in [2.75, 3.05) is 11.5 Å². The summed E-state index contributed by atoms with van der Waals surface area (Å²) in [6.45, 7) is 0. The Morgan fingerprint density at radius 1 is 0.812 bits per heavy atom. The number of hydrogen-bond donors (Lipinski definition) is 4. The minimum absolute atomic E-state index is 0.0879. The fourth-order valence-corrected chi connectivity index (χ4v) is 2.70. The number of benzene rings is 2. The van der Waals surface area contributed by atoms with Gasteiger partial charge in [0, 0.05) is 11.4 Å². The van der Waals surface area contributed by atoms with E-state index in [0.29, 0.717) is 0 Å². The molecule has 0 bridgehead atoms. The van der Waals surface area contributed by atoms with Gasteiger partial charge < -0.3 is 11.5 Å². The maximum atomic E-state index is 11.8. The Labute approximate surface area is 184 Å². The second-order valence-electron chi connectivity index (χ2n) is 5.32. The molecule has 0 atom stereocenters. The molecule has 1 aliphatic rings. The number of anilines is 2. The Bertz CT molecular complexity index is 1310. The van der Waals surface area contributed by atoms with Crippen LogP contribution in [0.4, 0.5) is 11.4 Å². The van der Waals surface area contributed by atoms with Gasteiger partial charge in [-0.3, -0.25) is 14.8 Å². The number of para-hydroxylation sites is 1. The summed E-state index contributed by atoms with van der Waals surface area (Å²) in [5.74, 6) is -0.812. The predicted octanol–water partition coefficient (Wildman–Crippen LogP) is -0.0258. The smallest absolute Gasteiger partial charge is 0.399 e. The summed E-state index contributed by atoms with van der Waals surface area (Å²) < 4.78 is 81.6. The summed E-state index contributed by atoms with van der Waals surface area (Å²) in [7, 11) is -10.8. The Morgan fingerprint density at radius 2 is 1.28 bits per heavy atom. The Morgan fingerprint density at radius 3 is 1.66 bits per heavy atom. The van der Waals surface area contributed by atoms with E-state index in [1.54, 1.807) is 6.07 Å². The van der Waals surface area contributed by atoms with Crippen LogP contribution in [0.5, 0.6) is 0 Å². The number of fused-ring (bicyclic) bond motifs is 1. The molecule has 2 aromatic carbocycles. The van der Waals surface area contributed by atoms with Crippen LogP contribution in [0.3, 0.4) is 0 Å². The number of allylic oxidation sites excluding steroid dienone is 1. The van der Waals surface area contributed by atoms with Gasteiger partial charge in [0.2, 0.25) is 5.78 Å². The monoisotopic (exact) mass is 505 g/mol. The number of hydrogen-bond acceptors (Lipinski definition) is 12. The number of nitrogens with two attached hydrogens (primary N) is 2. The topological polar surface area (TPSA) is 250 Å². The first kappa shape index (κ1) is 28.3. The molecule has 0 aromatic heterocycles. The van der Waals surface area contributed by atoms with Crippen LogP contribution < -0.4 is 11.5 Å². The van der Waals surface area contributed by atoms with Crippen molar-refractivity contribution in [3.63, 3.8) is 0 Å². The average Bonchev–Trinajstić information content (AvgIpc) is 2.64. The molecule has 172 valence electrons. The third kappa shape index (κ3) is 10.3. The van der Waals surface area contributed by atoms with Crippen molar-refractivity contribution >= 4 is 60.3 Å². The third-order valence-corrected chi connectivity index (χ3v) is 4.07. The largest absolute Gasteiger partial charge is 0.425 e. The van der Waals surface area contributed by atoms with E-state index in [-0.39, 0.29) is 16.8 Å². The van der Waals surface area contributed by atoms with Crippen molar-refractivity contribution in [3.8, 4) is 0 Å². The van der Waals surface area contributed by atoms with Gasteiger partial charge in [-0.1, -0.05) is 30.3 Å². The highest BCUT2D eigenvalue weighted by molar-refractivity contribution is 7.91. The van der Waals surface area contributed by atoms with Crippen LogP contribution in [0.2, 0.25) is 0 Å². The van der Waals surface area contributed by atoms with E-state index in [1.165, 1.54) is 12.1 Å². The lowest BCUT2D eigenvalue weighted by Gasteiger charge is -2.15. The van der Waals surface area contributed by atoms with Gasteiger partial charge in [0.05, 0.1) is 5.56 Å². The molecule has 13 nitrogen and oxygen atoms in total. The van der Waals surface area contributed by atoms with Crippen LogP contribution in [-0.4, -0.2) is 49.7 Å². The Balaban J connectivity index is 0.000000525. The zero-order valence-corrected chi connectivity index (χ0v) is 18.1. The lowest BCUT2D eigenvalue weighted by Crippen LogP contribution is -2.26. The summed E-state index contributed by atoms with van der Waals surface area (Å²) in [6, 6.07) is 14.0. The molecule has 6 N–H and O–H groups in total. The fourth-order valence-electron chi connectivity index (χ4n) is 2.08. The number of nitrogens with one attached hydrogen (secondary N) is 1. The molecule has 0 radical (unpaired) electrons. The normalized spacial score (nSPS) is 11.6. The maximum Gasteiger partial charge on any atom is 0.425 e. The van der Waals surface area contributed by atoms with Crippen molar-refractivity contribution in [2.24, 2.45) is 0 Å². The molecule has 0 unspecified atom stereocenters. The fraction of sp³-hybridized carbons (Fsp3) is 0. The molecular formula is C16H15N3O10S3. The van der Waals surface area contributed by atoms with Gasteiger partial charge in [-0.15, -0.1) is 25.3 Å². The van der Waals surface area contributed by atoms with Crippen LogP contribution in [0.25, 0.3) is 6.08 Å².